The second-order valence-electron chi connectivity index (χ2n) is 3.08. The molecule has 3 nitrogen and oxygen atoms in total. The number of para-hydroxylation sites is 1. The summed E-state index contributed by atoms with van der Waals surface area (Å²) >= 11 is 0. The summed E-state index contributed by atoms with van der Waals surface area (Å²) in [6, 6.07) is 5.79. The molecule has 0 aliphatic rings. The molecule has 1 N–H and O–H groups in total. The Morgan fingerprint density at radius 1 is 1.47 bits per heavy atom. The second-order valence-corrected chi connectivity index (χ2v) is 3.08. The minimum absolute atomic E-state index is 0.0600. The molecule has 0 radical (unpaired) electrons. The van der Waals surface area contributed by atoms with E-state index in [4.69, 9.17) is 6.42 Å². The minimum Gasteiger partial charge on any atom is -0.434 e. The SMILES string of the molecule is C#CCCNC(=O)c1ccccc1OC(F)F. The van der Waals surface area contributed by atoms with Crippen molar-refractivity contribution in [1.82, 2.24) is 5.32 Å². The fourth-order valence-electron chi connectivity index (χ4n) is 1.20. The van der Waals surface area contributed by atoms with Crippen LogP contribution in [0.15, 0.2) is 24.3 Å². The van der Waals surface area contributed by atoms with E-state index >= 15 is 0 Å². The van der Waals surface area contributed by atoms with E-state index in [1.165, 1.54) is 18.2 Å². The Morgan fingerprint density at radius 3 is 2.82 bits per heavy atom. The maximum absolute atomic E-state index is 12.1. The van der Waals surface area contributed by atoms with Crippen LogP contribution >= 0.6 is 0 Å². The zero-order valence-electron chi connectivity index (χ0n) is 8.95. The second kappa shape index (κ2) is 6.48. The van der Waals surface area contributed by atoms with Gasteiger partial charge in [-0.05, 0) is 12.1 Å². The lowest BCUT2D eigenvalue weighted by Gasteiger charge is -2.10. The van der Waals surface area contributed by atoms with Crippen molar-refractivity contribution in [3.8, 4) is 18.1 Å². The van der Waals surface area contributed by atoms with Gasteiger partial charge in [-0.3, -0.25) is 4.79 Å². The number of nitrogens with one attached hydrogen (secondary N) is 1. The summed E-state index contributed by atoms with van der Waals surface area (Å²) in [6.07, 6.45) is 5.40. The van der Waals surface area contributed by atoms with Gasteiger partial charge in [0.1, 0.15) is 5.75 Å². The number of terminal acetylenes is 1. The van der Waals surface area contributed by atoms with Gasteiger partial charge in [0.05, 0.1) is 5.56 Å². The molecule has 0 bridgehead atoms. The molecule has 0 fully saturated rings. The molecule has 5 heteroatoms. The summed E-state index contributed by atoms with van der Waals surface area (Å²) < 4.78 is 28.4. The van der Waals surface area contributed by atoms with Crippen molar-refractivity contribution in [2.45, 2.75) is 13.0 Å². The van der Waals surface area contributed by atoms with Crippen LogP contribution in [0.25, 0.3) is 0 Å². The first-order valence-corrected chi connectivity index (χ1v) is 4.90. The predicted molar refractivity (Wildman–Crippen MR) is 58.9 cm³/mol. The van der Waals surface area contributed by atoms with Crippen LogP contribution in [0.1, 0.15) is 16.8 Å². The Labute approximate surface area is 97.8 Å². The highest BCUT2D eigenvalue weighted by Gasteiger charge is 2.14. The number of amides is 1. The Kier molecular flexibility index (Phi) is 4.95. The van der Waals surface area contributed by atoms with E-state index in [1.807, 2.05) is 0 Å². The van der Waals surface area contributed by atoms with E-state index in [1.54, 1.807) is 6.07 Å². The number of hydrogen-bond donors (Lipinski definition) is 1. The maximum Gasteiger partial charge on any atom is 0.387 e. The Bertz CT molecular complexity index is 427. The normalized spacial score (nSPS) is 9.76. The van der Waals surface area contributed by atoms with Gasteiger partial charge in [-0.15, -0.1) is 12.3 Å². The van der Waals surface area contributed by atoms with E-state index in [0.29, 0.717) is 13.0 Å². The number of rotatable bonds is 5. The van der Waals surface area contributed by atoms with Crippen LogP contribution in [0.4, 0.5) is 8.78 Å². The van der Waals surface area contributed by atoms with Gasteiger partial charge in [0.25, 0.3) is 5.91 Å². The highest BCUT2D eigenvalue weighted by Crippen LogP contribution is 2.19. The molecule has 0 saturated carbocycles. The lowest BCUT2D eigenvalue weighted by Crippen LogP contribution is -2.25. The van der Waals surface area contributed by atoms with Crippen molar-refractivity contribution >= 4 is 5.91 Å². The summed E-state index contributed by atoms with van der Waals surface area (Å²) in [6.45, 7) is -2.67. The largest absolute Gasteiger partial charge is 0.434 e. The molecule has 90 valence electrons. The molecule has 1 rings (SSSR count). The first kappa shape index (κ1) is 13.0. The fourth-order valence-corrected chi connectivity index (χ4v) is 1.20. The van der Waals surface area contributed by atoms with Crippen molar-refractivity contribution in [3.05, 3.63) is 29.8 Å². The molecular formula is C12H11F2NO2. The van der Waals surface area contributed by atoms with Crippen molar-refractivity contribution in [1.29, 1.82) is 0 Å². The average Bonchev–Trinajstić information content (AvgIpc) is 2.29. The number of benzene rings is 1. The zero-order chi connectivity index (χ0) is 12.7. The van der Waals surface area contributed by atoms with Crippen LogP contribution in [-0.2, 0) is 0 Å². The lowest BCUT2D eigenvalue weighted by molar-refractivity contribution is -0.0501. The van der Waals surface area contributed by atoms with Gasteiger partial charge < -0.3 is 10.1 Å². The standard InChI is InChI=1S/C12H11F2NO2/c1-2-3-8-15-11(16)9-6-4-5-7-10(9)17-12(13)14/h1,4-7,12H,3,8H2,(H,15,16). The molecule has 1 aromatic rings. The topological polar surface area (TPSA) is 38.3 Å². The Hall–Kier alpha value is -2.09. The van der Waals surface area contributed by atoms with Gasteiger partial charge in [0, 0.05) is 13.0 Å². The molecule has 17 heavy (non-hydrogen) atoms. The van der Waals surface area contributed by atoms with Gasteiger partial charge in [-0.2, -0.15) is 8.78 Å². The van der Waals surface area contributed by atoms with Crippen LogP contribution in [0.3, 0.4) is 0 Å². The highest BCUT2D eigenvalue weighted by atomic mass is 19.3. The van der Waals surface area contributed by atoms with Crippen molar-refractivity contribution < 1.29 is 18.3 Å². The monoisotopic (exact) mass is 239 g/mol. The zero-order valence-corrected chi connectivity index (χ0v) is 8.95. The van der Waals surface area contributed by atoms with Crippen LogP contribution in [0.2, 0.25) is 0 Å². The first-order chi connectivity index (χ1) is 8.15. The fraction of sp³-hybridized carbons (Fsp3) is 0.250. The molecule has 1 aromatic carbocycles. The molecule has 0 heterocycles. The Morgan fingerprint density at radius 2 is 2.18 bits per heavy atom. The number of halogens is 2. The summed E-state index contributed by atoms with van der Waals surface area (Å²) in [7, 11) is 0. The summed E-state index contributed by atoms with van der Waals surface area (Å²) in [5.41, 5.74) is 0.0600. The van der Waals surface area contributed by atoms with Crippen LogP contribution in [0, 0.1) is 12.3 Å². The number of ether oxygens (including phenoxy) is 1. The Balaban J connectivity index is 2.75. The lowest BCUT2D eigenvalue weighted by atomic mass is 10.2. The summed E-state index contributed by atoms with van der Waals surface area (Å²) in [5, 5.41) is 2.51. The smallest absolute Gasteiger partial charge is 0.387 e. The third-order valence-corrected chi connectivity index (χ3v) is 1.90. The first-order valence-electron chi connectivity index (χ1n) is 4.90. The molecule has 0 saturated heterocycles. The average molecular weight is 239 g/mol. The van der Waals surface area contributed by atoms with Gasteiger partial charge in [0.15, 0.2) is 0 Å². The van der Waals surface area contributed by atoms with Crippen molar-refractivity contribution in [2.75, 3.05) is 6.54 Å². The van der Waals surface area contributed by atoms with Gasteiger partial charge in [-0.25, -0.2) is 0 Å². The number of carbonyl (C=O) groups excluding carboxylic acids is 1. The van der Waals surface area contributed by atoms with E-state index in [2.05, 4.69) is 16.0 Å². The molecule has 0 aromatic heterocycles. The summed E-state index contributed by atoms with van der Waals surface area (Å²) in [4.78, 5) is 11.6. The molecule has 0 unspecified atom stereocenters. The quantitative estimate of drug-likeness (QED) is 0.630. The molecular weight excluding hydrogens is 228 g/mol. The third-order valence-electron chi connectivity index (χ3n) is 1.90. The number of hydrogen-bond acceptors (Lipinski definition) is 2. The van der Waals surface area contributed by atoms with Crippen LogP contribution in [0.5, 0.6) is 5.75 Å². The van der Waals surface area contributed by atoms with E-state index < -0.39 is 12.5 Å². The van der Waals surface area contributed by atoms with Gasteiger partial charge in [0.2, 0.25) is 0 Å². The molecule has 1 amide bonds. The van der Waals surface area contributed by atoms with E-state index in [-0.39, 0.29) is 11.3 Å². The van der Waals surface area contributed by atoms with Crippen molar-refractivity contribution in [2.24, 2.45) is 0 Å². The van der Waals surface area contributed by atoms with Gasteiger partial charge in [-0.1, -0.05) is 12.1 Å². The van der Waals surface area contributed by atoms with Gasteiger partial charge >= 0.3 is 6.61 Å². The van der Waals surface area contributed by atoms with Crippen molar-refractivity contribution in [3.63, 3.8) is 0 Å². The predicted octanol–water partition coefficient (Wildman–Crippen LogP) is 2.04. The third kappa shape index (κ3) is 4.11. The molecule has 0 spiro atoms. The maximum atomic E-state index is 12.1. The summed E-state index contributed by atoms with van der Waals surface area (Å²) in [5.74, 6) is 1.71. The number of alkyl halides is 2. The molecule has 0 atom stereocenters. The van der Waals surface area contributed by atoms with E-state index in [9.17, 15) is 13.6 Å². The highest BCUT2D eigenvalue weighted by molar-refractivity contribution is 5.96. The van der Waals surface area contributed by atoms with Crippen LogP contribution < -0.4 is 10.1 Å². The van der Waals surface area contributed by atoms with E-state index in [0.717, 1.165) is 0 Å². The molecule has 0 aliphatic heterocycles. The minimum atomic E-state index is -2.96. The molecule has 0 aliphatic carbocycles. The number of carbonyl (C=O) groups is 1. The van der Waals surface area contributed by atoms with Crippen LogP contribution in [-0.4, -0.2) is 19.1 Å².